The summed E-state index contributed by atoms with van der Waals surface area (Å²) in [5.41, 5.74) is 0.760. The molecule has 1 unspecified atom stereocenters. The van der Waals surface area contributed by atoms with Crippen LogP contribution in [0.25, 0.3) is 0 Å². The molecule has 1 atom stereocenters. The molecule has 84 valence electrons. The van der Waals surface area contributed by atoms with Crippen LogP contribution in [0.2, 0.25) is 0 Å². The summed E-state index contributed by atoms with van der Waals surface area (Å²) in [6, 6.07) is 6.46. The van der Waals surface area contributed by atoms with Gasteiger partial charge in [0.25, 0.3) is 0 Å². The highest BCUT2D eigenvalue weighted by Gasteiger charge is 2.09. The topological polar surface area (TPSA) is 29.9 Å². The fourth-order valence-electron chi connectivity index (χ4n) is 1.69. The van der Waals surface area contributed by atoms with Crippen molar-refractivity contribution in [2.45, 2.75) is 13.0 Å². The van der Waals surface area contributed by atoms with Crippen molar-refractivity contribution in [3.05, 3.63) is 48.3 Å². The third kappa shape index (κ3) is 2.21. The van der Waals surface area contributed by atoms with Crippen molar-refractivity contribution in [1.82, 2.24) is 9.55 Å². The largest absolute Gasteiger partial charge is 0.375 e. The first kappa shape index (κ1) is 10.7. The van der Waals surface area contributed by atoms with Gasteiger partial charge in [-0.15, -0.1) is 0 Å². The van der Waals surface area contributed by atoms with Gasteiger partial charge < -0.3 is 9.88 Å². The Labute approximate surface area is 93.9 Å². The minimum Gasteiger partial charge on any atom is -0.375 e. The summed E-state index contributed by atoms with van der Waals surface area (Å²) < 4.78 is 14.9. The molecule has 0 aliphatic heterocycles. The molecule has 16 heavy (non-hydrogen) atoms. The Hall–Kier alpha value is -1.84. The van der Waals surface area contributed by atoms with Crippen molar-refractivity contribution in [2.24, 2.45) is 7.05 Å². The fourth-order valence-corrected chi connectivity index (χ4v) is 1.69. The Morgan fingerprint density at radius 2 is 2.25 bits per heavy atom. The molecule has 0 amide bonds. The lowest BCUT2D eigenvalue weighted by Gasteiger charge is -2.14. The van der Waals surface area contributed by atoms with Gasteiger partial charge in [-0.1, -0.05) is 6.07 Å². The number of nitrogens with zero attached hydrogens (tertiary/aromatic N) is 2. The van der Waals surface area contributed by atoms with Crippen LogP contribution in [-0.2, 0) is 7.05 Å². The maximum atomic E-state index is 13.0. The molecule has 0 aliphatic rings. The van der Waals surface area contributed by atoms with E-state index in [-0.39, 0.29) is 11.9 Å². The summed E-state index contributed by atoms with van der Waals surface area (Å²) >= 11 is 0. The van der Waals surface area contributed by atoms with Crippen molar-refractivity contribution < 1.29 is 4.39 Å². The number of hydrogen-bond donors (Lipinski definition) is 1. The number of halogens is 1. The molecule has 4 heteroatoms. The molecule has 1 N–H and O–H groups in total. The lowest BCUT2D eigenvalue weighted by molar-refractivity contribution is 0.627. The van der Waals surface area contributed by atoms with E-state index in [0.29, 0.717) is 0 Å². The molecular weight excluding hydrogens is 205 g/mol. The summed E-state index contributed by atoms with van der Waals surface area (Å²) in [7, 11) is 1.94. The van der Waals surface area contributed by atoms with Crippen LogP contribution in [-0.4, -0.2) is 9.55 Å². The third-order valence-electron chi connectivity index (χ3n) is 2.45. The minimum atomic E-state index is -0.239. The molecule has 0 spiro atoms. The van der Waals surface area contributed by atoms with Crippen LogP contribution < -0.4 is 5.32 Å². The fraction of sp³-hybridized carbons (Fsp3) is 0.250. The first-order valence-electron chi connectivity index (χ1n) is 5.16. The van der Waals surface area contributed by atoms with E-state index in [2.05, 4.69) is 10.3 Å². The van der Waals surface area contributed by atoms with Crippen LogP contribution in [0.3, 0.4) is 0 Å². The predicted octanol–water partition coefficient (Wildman–Crippen LogP) is 2.73. The Balaban J connectivity index is 2.14. The van der Waals surface area contributed by atoms with Crippen LogP contribution in [0.5, 0.6) is 0 Å². The highest BCUT2D eigenvalue weighted by atomic mass is 19.1. The maximum absolute atomic E-state index is 13.0. The van der Waals surface area contributed by atoms with Crippen molar-refractivity contribution >= 4 is 5.69 Å². The van der Waals surface area contributed by atoms with Gasteiger partial charge in [-0.3, -0.25) is 0 Å². The van der Waals surface area contributed by atoms with Crippen molar-refractivity contribution in [3.8, 4) is 0 Å². The van der Waals surface area contributed by atoms with Crippen LogP contribution in [0.1, 0.15) is 18.8 Å². The molecule has 1 heterocycles. The smallest absolute Gasteiger partial charge is 0.130 e. The monoisotopic (exact) mass is 219 g/mol. The quantitative estimate of drug-likeness (QED) is 0.860. The summed E-state index contributed by atoms with van der Waals surface area (Å²) in [5, 5.41) is 3.20. The summed E-state index contributed by atoms with van der Waals surface area (Å²) in [5.74, 6) is 0.682. The molecule has 1 aromatic heterocycles. The number of rotatable bonds is 3. The summed E-state index contributed by atoms with van der Waals surface area (Å²) in [4.78, 5) is 4.24. The average molecular weight is 219 g/mol. The number of hydrogen-bond acceptors (Lipinski definition) is 2. The van der Waals surface area contributed by atoms with Crippen molar-refractivity contribution in [1.29, 1.82) is 0 Å². The SMILES string of the molecule is CC(Nc1cccc(F)c1)c1nccn1C. The maximum Gasteiger partial charge on any atom is 0.130 e. The van der Waals surface area contributed by atoms with Gasteiger partial charge in [0.05, 0.1) is 6.04 Å². The van der Waals surface area contributed by atoms with Gasteiger partial charge in [0.15, 0.2) is 0 Å². The van der Waals surface area contributed by atoms with Gasteiger partial charge in [-0.2, -0.15) is 0 Å². The minimum absolute atomic E-state index is 0.0433. The molecule has 0 saturated heterocycles. The second kappa shape index (κ2) is 4.35. The molecule has 1 aromatic carbocycles. The lowest BCUT2D eigenvalue weighted by Crippen LogP contribution is -2.11. The predicted molar refractivity (Wildman–Crippen MR) is 61.6 cm³/mol. The molecule has 0 aliphatic carbocycles. The molecule has 2 rings (SSSR count). The Morgan fingerprint density at radius 3 is 2.88 bits per heavy atom. The van der Waals surface area contributed by atoms with E-state index >= 15 is 0 Å². The van der Waals surface area contributed by atoms with E-state index in [1.807, 2.05) is 30.8 Å². The highest BCUT2D eigenvalue weighted by molar-refractivity contribution is 5.44. The van der Waals surface area contributed by atoms with Gasteiger partial charge in [-0.05, 0) is 25.1 Å². The van der Waals surface area contributed by atoms with Gasteiger partial charge in [0.1, 0.15) is 11.6 Å². The van der Waals surface area contributed by atoms with Crippen LogP contribution in [0.15, 0.2) is 36.7 Å². The van der Waals surface area contributed by atoms with Gasteiger partial charge in [0, 0.05) is 25.1 Å². The van der Waals surface area contributed by atoms with Crippen LogP contribution in [0, 0.1) is 5.82 Å². The third-order valence-corrected chi connectivity index (χ3v) is 2.45. The first-order valence-corrected chi connectivity index (χ1v) is 5.16. The number of anilines is 1. The number of aryl methyl sites for hydroxylation is 1. The molecule has 0 fully saturated rings. The average Bonchev–Trinajstić information content (AvgIpc) is 2.64. The molecule has 0 saturated carbocycles. The number of aromatic nitrogens is 2. The van der Waals surface area contributed by atoms with E-state index < -0.39 is 0 Å². The van der Waals surface area contributed by atoms with Gasteiger partial charge >= 0.3 is 0 Å². The van der Waals surface area contributed by atoms with E-state index in [4.69, 9.17) is 0 Å². The number of imidazole rings is 1. The van der Waals surface area contributed by atoms with E-state index in [1.54, 1.807) is 12.3 Å². The van der Waals surface area contributed by atoms with Crippen LogP contribution in [0.4, 0.5) is 10.1 Å². The van der Waals surface area contributed by atoms with E-state index in [1.165, 1.54) is 12.1 Å². The standard InChI is InChI=1S/C12H14FN3/c1-9(12-14-6-7-16(12)2)15-11-5-3-4-10(13)8-11/h3-9,15H,1-2H3. The summed E-state index contributed by atoms with van der Waals surface area (Å²) in [6.45, 7) is 1.99. The summed E-state index contributed by atoms with van der Waals surface area (Å²) in [6.07, 6.45) is 3.64. The lowest BCUT2D eigenvalue weighted by atomic mass is 10.2. The zero-order valence-corrected chi connectivity index (χ0v) is 9.31. The second-order valence-electron chi connectivity index (χ2n) is 3.77. The van der Waals surface area contributed by atoms with Gasteiger partial charge in [-0.25, -0.2) is 9.37 Å². The van der Waals surface area contributed by atoms with E-state index in [9.17, 15) is 4.39 Å². The highest BCUT2D eigenvalue weighted by Crippen LogP contribution is 2.17. The Bertz CT molecular complexity index is 479. The van der Waals surface area contributed by atoms with Crippen LogP contribution >= 0.6 is 0 Å². The number of benzene rings is 1. The van der Waals surface area contributed by atoms with Gasteiger partial charge in [0.2, 0.25) is 0 Å². The zero-order chi connectivity index (χ0) is 11.5. The normalized spacial score (nSPS) is 12.4. The Morgan fingerprint density at radius 1 is 1.44 bits per heavy atom. The molecule has 0 radical (unpaired) electrons. The van der Waals surface area contributed by atoms with Crippen molar-refractivity contribution in [2.75, 3.05) is 5.32 Å². The van der Waals surface area contributed by atoms with Crippen molar-refractivity contribution in [3.63, 3.8) is 0 Å². The zero-order valence-electron chi connectivity index (χ0n) is 9.31. The molecular formula is C12H14FN3. The van der Waals surface area contributed by atoms with E-state index in [0.717, 1.165) is 11.5 Å². The molecule has 3 nitrogen and oxygen atoms in total. The first-order chi connectivity index (χ1) is 7.66. The molecule has 2 aromatic rings. The molecule has 0 bridgehead atoms. The second-order valence-corrected chi connectivity index (χ2v) is 3.77. The number of nitrogens with one attached hydrogen (secondary N) is 1. The Kier molecular flexibility index (Phi) is 2.90.